The number of hydrogen-bond acceptors (Lipinski definition) is 4. The van der Waals surface area contributed by atoms with Gasteiger partial charge in [-0.1, -0.05) is 36.9 Å². The monoisotopic (exact) mass is 373 g/mol. The SMILES string of the molecule is CN(c1ccc(Cl)c(C(=O)NC(O)C2CCCCC2)c1)c1ccccn1. The van der Waals surface area contributed by atoms with Crippen molar-refractivity contribution in [3.8, 4) is 0 Å². The maximum atomic E-state index is 12.6. The first-order valence-corrected chi connectivity index (χ1v) is 9.37. The number of anilines is 2. The second kappa shape index (κ2) is 8.52. The number of carbonyl (C=O) groups excluding carboxylic acids is 1. The van der Waals surface area contributed by atoms with Crippen molar-refractivity contribution >= 4 is 29.0 Å². The van der Waals surface area contributed by atoms with Gasteiger partial charge in [0, 0.05) is 24.8 Å². The summed E-state index contributed by atoms with van der Waals surface area (Å²) in [5.74, 6) is 0.526. The number of pyridine rings is 1. The summed E-state index contributed by atoms with van der Waals surface area (Å²) in [7, 11) is 1.88. The molecule has 1 saturated carbocycles. The van der Waals surface area contributed by atoms with E-state index in [1.165, 1.54) is 6.42 Å². The van der Waals surface area contributed by atoms with E-state index in [4.69, 9.17) is 11.6 Å². The van der Waals surface area contributed by atoms with Gasteiger partial charge in [-0.25, -0.2) is 4.98 Å². The maximum absolute atomic E-state index is 12.6. The molecule has 0 spiro atoms. The highest BCUT2D eigenvalue weighted by Gasteiger charge is 2.24. The third-order valence-corrected chi connectivity index (χ3v) is 5.28. The van der Waals surface area contributed by atoms with Gasteiger partial charge in [-0.2, -0.15) is 0 Å². The summed E-state index contributed by atoms with van der Waals surface area (Å²) in [6, 6.07) is 10.9. The Labute approximate surface area is 159 Å². The highest BCUT2D eigenvalue weighted by molar-refractivity contribution is 6.34. The quantitative estimate of drug-likeness (QED) is 0.773. The molecule has 3 rings (SSSR count). The first-order chi connectivity index (χ1) is 12.6. The minimum absolute atomic E-state index is 0.117. The van der Waals surface area contributed by atoms with Crippen LogP contribution >= 0.6 is 11.6 Å². The lowest BCUT2D eigenvalue weighted by Crippen LogP contribution is -2.41. The van der Waals surface area contributed by atoms with Gasteiger partial charge in [-0.05, 0) is 43.2 Å². The van der Waals surface area contributed by atoms with Crippen molar-refractivity contribution in [2.75, 3.05) is 11.9 Å². The van der Waals surface area contributed by atoms with Crippen molar-refractivity contribution in [1.82, 2.24) is 10.3 Å². The molecule has 1 aromatic carbocycles. The number of nitrogens with one attached hydrogen (secondary N) is 1. The maximum Gasteiger partial charge on any atom is 0.254 e. The molecule has 1 aromatic heterocycles. The Kier molecular flexibility index (Phi) is 6.12. The molecule has 138 valence electrons. The molecule has 1 unspecified atom stereocenters. The number of aromatic nitrogens is 1. The van der Waals surface area contributed by atoms with Crippen LogP contribution in [0.3, 0.4) is 0 Å². The average Bonchev–Trinajstić information content (AvgIpc) is 2.69. The molecule has 1 fully saturated rings. The normalized spacial score (nSPS) is 16.1. The lowest BCUT2D eigenvalue weighted by Gasteiger charge is -2.27. The summed E-state index contributed by atoms with van der Waals surface area (Å²) in [6.45, 7) is 0. The molecular formula is C20H24ClN3O2. The predicted octanol–water partition coefficient (Wildman–Crippen LogP) is 4.13. The number of benzene rings is 1. The van der Waals surface area contributed by atoms with Crippen LogP contribution in [0.15, 0.2) is 42.6 Å². The molecule has 0 saturated heterocycles. The van der Waals surface area contributed by atoms with E-state index in [0.717, 1.165) is 37.2 Å². The van der Waals surface area contributed by atoms with Gasteiger partial charge in [0.05, 0.1) is 10.6 Å². The lowest BCUT2D eigenvalue weighted by atomic mass is 9.88. The molecule has 0 bridgehead atoms. The largest absolute Gasteiger partial charge is 0.373 e. The summed E-state index contributed by atoms with van der Waals surface area (Å²) < 4.78 is 0. The Bertz CT molecular complexity index is 748. The van der Waals surface area contributed by atoms with Crippen LogP contribution < -0.4 is 10.2 Å². The molecule has 1 amide bonds. The van der Waals surface area contributed by atoms with E-state index >= 15 is 0 Å². The van der Waals surface area contributed by atoms with Gasteiger partial charge in [-0.15, -0.1) is 0 Å². The highest BCUT2D eigenvalue weighted by atomic mass is 35.5. The smallest absolute Gasteiger partial charge is 0.254 e. The first-order valence-electron chi connectivity index (χ1n) is 8.99. The van der Waals surface area contributed by atoms with E-state index in [9.17, 15) is 9.90 Å². The Morgan fingerprint density at radius 3 is 2.73 bits per heavy atom. The molecular weight excluding hydrogens is 350 g/mol. The molecule has 1 aliphatic rings. The van der Waals surface area contributed by atoms with Gasteiger partial charge in [0.2, 0.25) is 0 Å². The summed E-state index contributed by atoms with van der Waals surface area (Å²) in [6.07, 6.45) is 6.16. The Hall–Kier alpha value is -2.11. The molecule has 26 heavy (non-hydrogen) atoms. The minimum Gasteiger partial charge on any atom is -0.373 e. The van der Waals surface area contributed by atoms with Gasteiger partial charge in [0.1, 0.15) is 12.0 Å². The molecule has 1 heterocycles. The van der Waals surface area contributed by atoms with Crippen molar-refractivity contribution in [1.29, 1.82) is 0 Å². The summed E-state index contributed by atoms with van der Waals surface area (Å²) in [4.78, 5) is 18.8. The highest BCUT2D eigenvalue weighted by Crippen LogP contribution is 2.28. The number of carbonyl (C=O) groups is 1. The molecule has 2 aromatic rings. The number of aliphatic hydroxyl groups excluding tert-OH is 1. The van der Waals surface area contributed by atoms with Crippen LogP contribution in [0.2, 0.25) is 5.02 Å². The van der Waals surface area contributed by atoms with E-state index in [2.05, 4.69) is 10.3 Å². The number of nitrogens with zero attached hydrogens (tertiary/aromatic N) is 2. The van der Waals surface area contributed by atoms with Crippen molar-refractivity contribution in [3.63, 3.8) is 0 Å². The third-order valence-electron chi connectivity index (χ3n) is 4.95. The van der Waals surface area contributed by atoms with Gasteiger partial charge < -0.3 is 15.3 Å². The Morgan fingerprint density at radius 2 is 2.04 bits per heavy atom. The summed E-state index contributed by atoms with van der Waals surface area (Å²) >= 11 is 6.23. The van der Waals surface area contributed by atoms with Gasteiger partial charge in [-0.3, -0.25) is 4.79 Å². The van der Waals surface area contributed by atoms with Crippen LogP contribution in [0.1, 0.15) is 42.5 Å². The summed E-state index contributed by atoms with van der Waals surface area (Å²) in [5.41, 5.74) is 1.15. The minimum atomic E-state index is -0.837. The second-order valence-electron chi connectivity index (χ2n) is 6.73. The number of hydrogen-bond donors (Lipinski definition) is 2. The van der Waals surface area contributed by atoms with E-state index in [1.807, 2.05) is 36.2 Å². The van der Waals surface area contributed by atoms with Gasteiger partial charge >= 0.3 is 0 Å². The third kappa shape index (κ3) is 4.34. The zero-order chi connectivity index (χ0) is 18.5. The zero-order valence-electron chi connectivity index (χ0n) is 14.9. The molecule has 1 aliphatic carbocycles. The number of rotatable bonds is 5. The molecule has 6 heteroatoms. The van der Waals surface area contributed by atoms with E-state index < -0.39 is 6.23 Å². The van der Waals surface area contributed by atoms with Crippen molar-refractivity contribution in [2.24, 2.45) is 5.92 Å². The van der Waals surface area contributed by atoms with Gasteiger partial charge in [0.25, 0.3) is 5.91 Å². The van der Waals surface area contributed by atoms with E-state index in [1.54, 1.807) is 18.3 Å². The van der Waals surface area contributed by atoms with Crippen molar-refractivity contribution in [2.45, 2.75) is 38.3 Å². The van der Waals surface area contributed by atoms with E-state index in [0.29, 0.717) is 10.6 Å². The second-order valence-corrected chi connectivity index (χ2v) is 7.13. The molecule has 0 aliphatic heterocycles. The van der Waals surface area contributed by atoms with Crippen LogP contribution in [-0.4, -0.2) is 29.3 Å². The van der Waals surface area contributed by atoms with Crippen molar-refractivity contribution < 1.29 is 9.90 Å². The van der Waals surface area contributed by atoms with E-state index in [-0.39, 0.29) is 11.8 Å². The van der Waals surface area contributed by atoms with Gasteiger partial charge in [0.15, 0.2) is 0 Å². The topological polar surface area (TPSA) is 65.5 Å². The fourth-order valence-corrected chi connectivity index (χ4v) is 3.56. The molecule has 2 N–H and O–H groups in total. The molecule has 0 radical (unpaired) electrons. The Morgan fingerprint density at radius 1 is 1.27 bits per heavy atom. The standard InChI is InChI=1S/C20H24ClN3O2/c1-24(18-9-5-6-12-22-18)15-10-11-17(21)16(13-15)20(26)23-19(25)14-7-3-2-4-8-14/h5-6,9-14,19,25H,2-4,7-8H2,1H3,(H,23,26). The number of aliphatic hydroxyl groups is 1. The number of amides is 1. The van der Waals surface area contributed by atoms with Crippen LogP contribution in [-0.2, 0) is 0 Å². The fourth-order valence-electron chi connectivity index (χ4n) is 3.36. The average molecular weight is 374 g/mol. The first kappa shape index (κ1) is 18.7. The summed E-state index contributed by atoms with van der Waals surface area (Å²) in [5, 5.41) is 13.4. The lowest BCUT2D eigenvalue weighted by molar-refractivity contribution is 0.0463. The number of halogens is 1. The predicted molar refractivity (Wildman–Crippen MR) is 104 cm³/mol. The van der Waals surface area contributed by atoms with Crippen molar-refractivity contribution in [3.05, 3.63) is 53.2 Å². The van der Waals surface area contributed by atoms with Crippen LogP contribution in [0.4, 0.5) is 11.5 Å². The molecule has 1 atom stereocenters. The Balaban J connectivity index is 1.75. The van der Waals surface area contributed by atoms with Crippen LogP contribution in [0, 0.1) is 5.92 Å². The zero-order valence-corrected chi connectivity index (χ0v) is 15.6. The van der Waals surface area contributed by atoms with Crippen LogP contribution in [0.25, 0.3) is 0 Å². The van der Waals surface area contributed by atoms with Crippen LogP contribution in [0.5, 0.6) is 0 Å². The molecule has 5 nitrogen and oxygen atoms in total. The fraction of sp³-hybridized carbons (Fsp3) is 0.400.